The molecule has 0 heterocycles. The zero-order valence-corrected chi connectivity index (χ0v) is 11.3. The third kappa shape index (κ3) is 5.71. The molecule has 0 fully saturated rings. The van der Waals surface area contributed by atoms with Crippen molar-refractivity contribution in [2.24, 2.45) is 0 Å². The Labute approximate surface area is 117 Å². The Morgan fingerprint density at radius 3 is 2.75 bits per heavy atom. The monoisotopic (exact) mass is 281 g/mol. The molecule has 0 radical (unpaired) electrons. The molecule has 0 bridgehead atoms. The summed E-state index contributed by atoms with van der Waals surface area (Å²) in [5.41, 5.74) is 1.09. The lowest BCUT2D eigenvalue weighted by Crippen LogP contribution is -2.43. The number of carboxylic acids is 1. The van der Waals surface area contributed by atoms with Crippen LogP contribution in [0.4, 0.5) is 0 Å². The van der Waals surface area contributed by atoms with E-state index in [9.17, 15) is 9.59 Å². The lowest BCUT2D eigenvalue weighted by atomic mass is 10.2. The molecule has 6 heteroatoms. The minimum absolute atomic E-state index is 0.148. The number of aliphatic hydroxyl groups is 1. The van der Waals surface area contributed by atoms with Crippen molar-refractivity contribution in [3.63, 3.8) is 0 Å². The molecule has 3 N–H and O–H groups in total. The van der Waals surface area contributed by atoms with Gasteiger partial charge in [0.15, 0.2) is 0 Å². The molecule has 0 aliphatic carbocycles. The summed E-state index contributed by atoms with van der Waals surface area (Å²) in [7, 11) is 0. The van der Waals surface area contributed by atoms with Crippen molar-refractivity contribution >= 4 is 11.9 Å². The quantitative estimate of drug-likeness (QED) is 0.610. The summed E-state index contributed by atoms with van der Waals surface area (Å²) in [5.74, 6) is -0.930. The van der Waals surface area contributed by atoms with E-state index in [0.29, 0.717) is 13.0 Å². The topological polar surface area (TPSA) is 95.9 Å². The second-order valence-corrected chi connectivity index (χ2v) is 4.41. The van der Waals surface area contributed by atoms with Crippen LogP contribution in [0.25, 0.3) is 0 Å². The largest absolute Gasteiger partial charge is 0.494 e. The molecule has 110 valence electrons. The predicted octanol–water partition coefficient (Wildman–Crippen LogP) is 0.716. The highest BCUT2D eigenvalue weighted by Gasteiger charge is 2.18. The van der Waals surface area contributed by atoms with Gasteiger partial charge in [0.05, 0.1) is 13.2 Å². The van der Waals surface area contributed by atoms with Crippen LogP contribution in [0.15, 0.2) is 24.3 Å². The van der Waals surface area contributed by atoms with Gasteiger partial charge in [-0.1, -0.05) is 12.1 Å². The SMILES string of the molecule is Cc1cccc(OCCCC(=O)N[C@@H](CO)C(=O)O)c1. The van der Waals surface area contributed by atoms with Gasteiger partial charge < -0.3 is 20.3 Å². The molecule has 0 saturated carbocycles. The van der Waals surface area contributed by atoms with Crippen LogP contribution in [0, 0.1) is 6.92 Å². The fraction of sp³-hybridized carbons (Fsp3) is 0.429. The summed E-state index contributed by atoms with van der Waals surface area (Å²) in [6.07, 6.45) is 0.618. The Balaban J connectivity index is 2.24. The van der Waals surface area contributed by atoms with E-state index in [2.05, 4.69) is 5.32 Å². The van der Waals surface area contributed by atoms with Crippen molar-refractivity contribution in [3.05, 3.63) is 29.8 Å². The van der Waals surface area contributed by atoms with E-state index >= 15 is 0 Å². The van der Waals surface area contributed by atoms with E-state index in [1.165, 1.54) is 0 Å². The second-order valence-electron chi connectivity index (χ2n) is 4.41. The summed E-state index contributed by atoms with van der Waals surface area (Å²) in [6.45, 7) is 1.70. The van der Waals surface area contributed by atoms with Crippen molar-refractivity contribution < 1.29 is 24.5 Å². The normalized spacial score (nSPS) is 11.7. The maximum Gasteiger partial charge on any atom is 0.328 e. The highest BCUT2D eigenvalue weighted by atomic mass is 16.5. The van der Waals surface area contributed by atoms with Gasteiger partial charge in [-0.2, -0.15) is 0 Å². The van der Waals surface area contributed by atoms with Gasteiger partial charge in [-0.05, 0) is 31.0 Å². The molecule has 1 atom stereocenters. The van der Waals surface area contributed by atoms with Crippen molar-refractivity contribution in [3.8, 4) is 5.75 Å². The summed E-state index contributed by atoms with van der Waals surface area (Å²) < 4.78 is 5.47. The first-order valence-electron chi connectivity index (χ1n) is 6.35. The number of amides is 1. The summed E-state index contributed by atoms with van der Waals surface area (Å²) in [4.78, 5) is 22.1. The van der Waals surface area contributed by atoms with Gasteiger partial charge in [-0.15, -0.1) is 0 Å². The molecule has 1 aromatic carbocycles. The van der Waals surface area contributed by atoms with Crippen molar-refractivity contribution in [2.45, 2.75) is 25.8 Å². The lowest BCUT2D eigenvalue weighted by molar-refractivity contribution is -0.142. The third-order valence-electron chi connectivity index (χ3n) is 2.62. The van der Waals surface area contributed by atoms with Crippen LogP contribution >= 0.6 is 0 Å². The number of rotatable bonds is 8. The van der Waals surface area contributed by atoms with Crippen LogP contribution in [-0.2, 0) is 9.59 Å². The molecular formula is C14H19NO5. The van der Waals surface area contributed by atoms with Crippen LogP contribution in [0.2, 0.25) is 0 Å². The molecule has 1 rings (SSSR count). The number of hydrogen-bond acceptors (Lipinski definition) is 4. The minimum atomic E-state index is -1.25. The Kier molecular flexibility index (Phi) is 6.52. The van der Waals surface area contributed by atoms with Gasteiger partial charge >= 0.3 is 5.97 Å². The molecule has 6 nitrogen and oxygen atoms in total. The molecule has 0 saturated heterocycles. The van der Waals surface area contributed by atoms with Gasteiger partial charge in [0, 0.05) is 6.42 Å². The van der Waals surface area contributed by atoms with Gasteiger partial charge in [0.25, 0.3) is 0 Å². The average Bonchev–Trinajstić information content (AvgIpc) is 2.40. The van der Waals surface area contributed by atoms with E-state index in [-0.39, 0.29) is 6.42 Å². The number of carbonyl (C=O) groups excluding carboxylic acids is 1. The molecule has 1 amide bonds. The number of aliphatic carboxylic acids is 1. The van der Waals surface area contributed by atoms with Crippen molar-refractivity contribution in [1.82, 2.24) is 5.32 Å². The fourth-order valence-electron chi connectivity index (χ4n) is 1.58. The van der Waals surface area contributed by atoms with Gasteiger partial charge in [0.1, 0.15) is 11.8 Å². The average molecular weight is 281 g/mol. The van der Waals surface area contributed by atoms with Crippen molar-refractivity contribution in [1.29, 1.82) is 0 Å². The zero-order valence-electron chi connectivity index (χ0n) is 11.3. The van der Waals surface area contributed by atoms with Crippen LogP contribution in [0.5, 0.6) is 5.75 Å². The number of ether oxygens (including phenoxy) is 1. The van der Waals surface area contributed by atoms with Gasteiger partial charge in [0.2, 0.25) is 5.91 Å². The van der Waals surface area contributed by atoms with E-state index in [1.807, 2.05) is 31.2 Å². The van der Waals surface area contributed by atoms with Crippen LogP contribution in [-0.4, -0.2) is 41.3 Å². The Morgan fingerprint density at radius 2 is 2.15 bits per heavy atom. The third-order valence-corrected chi connectivity index (χ3v) is 2.62. The lowest BCUT2D eigenvalue weighted by Gasteiger charge is -2.11. The molecule has 0 aliphatic heterocycles. The van der Waals surface area contributed by atoms with Crippen LogP contribution < -0.4 is 10.1 Å². The maximum atomic E-state index is 11.4. The summed E-state index contributed by atoms with van der Waals surface area (Å²) in [6, 6.07) is 6.32. The first kappa shape index (κ1) is 16.0. The first-order chi connectivity index (χ1) is 9.52. The van der Waals surface area contributed by atoms with E-state index in [4.69, 9.17) is 14.9 Å². The highest BCUT2D eigenvalue weighted by molar-refractivity contribution is 5.83. The van der Waals surface area contributed by atoms with E-state index in [1.54, 1.807) is 0 Å². The maximum absolute atomic E-state index is 11.4. The first-order valence-corrected chi connectivity index (χ1v) is 6.35. The zero-order chi connectivity index (χ0) is 15.0. The molecule has 0 unspecified atom stereocenters. The Morgan fingerprint density at radius 1 is 1.40 bits per heavy atom. The molecule has 0 aromatic heterocycles. The van der Waals surface area contributed by atoms with E-state index < -0.39 is 24.5 Å². The molecule has 0 aliphatic rings. The molecule has 0 spiro atoms. The van der Waals surface area contributed by atoms with E-state index in [0.717, 1.165) is 11.3 Å². The fourth-order valence-corrected chi connectivity index (χ4v) is 1.58. The Hall–Kier alpha value is -2.08. The van der Waals surface area contributed by atoms with Gasteiger partial charge in [-0.25, -0.2) is 4.79 Å². The second kappa shape index (κ2) is 8.16. The number of benzene rings is 1. The van der Waals surface area contributed by atoms with Crippen LogP contribution in [0.1, 0.15) is 18.4 Å². The number of carboxylic acid groups (broad SMARTS) is 1. The number of hydrogen-bond donors (Lipinski definition) is 3. The molecule has 20 heavy (non-hydrogen) atoms. The van der Waals surface area contributed by atoms with Gasteiger partial charge in [-0.3, -0.25) is 4.79 Å². The smallest absolute Gasteiger partial charge is 0.328 e. The number of aliphatic hydroxyl groups excluding tert-OH is 1. The number of aryl methyl sites for hydroxylation is 1. The number of nitrogens with one attached hydrogen (secondary N) is 1. The standard InChI is InChI=1S/C14H19NO5/c1-10-4-2-5-11(8-10)20-7-3-6-13(17)15-12(9-16)14(18)19/h2,4-5,8,12,16H,3,6-7,9H2,1H3,(H,15,17)(H,18,19)/t12-/m0/s1. The molecular weight excluding hydrogens is 262 g/mol. The minimum Gasteiger partial charge on any atom is -0.494 e. The Bertz CT molecular complexity index is 461. The summed E-state index contributed by atoms with van der Waals surface area (Å²) in [5, 5.41) is 19.7. The van der Waals surface area contributed by atoms with Crippen LogP contribution in [0.3, 0.4) is 0 Å². The molecule has 1 aromatic rings. The number of carbonyl (C=O) groups is 2. The predicted molar refractivity (Wildman–Crippen MR) is 72.6 cm³/mol. The summed E-state index contributed by atoms with van der Waals surface area (Å²) >= 11 is 0. The highest BCUT2D eigenvalue weighted by Crippen LogP contribution is 2.12. The van der Waals surface area contributed by atoms with Crippen molar-refractivity contribution in [2.75, 3.05) is 13.2 Å².